The topological polar surface area (TPSA) is 56.2 Å². The highest BCUT2D eigenvalue weighted by molar-refractivity contribution is 6.31. The number of hydrogen-bond donors (Lipinski definition) is 1. The number of rotatable bonds is 6. The van der Waals surface area contributed by atoms with Gasteiger partial charge in [0.25, 0.3) is 0 Å². The average Bonchev–Trinajstić information content (AvgIpc) is 2.95. The van der Waals surface area contributed by atoms with Crippen LogP contribution in [0.3, 0.4) is 0 Å². The monoisotopic (exact) mass is 401 g/mol. The maximum absolute atomic E-state index is 13.1. The molecule has 0 aliphatic heterocycles. The molecule has 0 saturated heterocycles. The lowest BCUT2D eigenvalue weighted by Crippen LogP contribution is -2.25. The van der Waals surface area contributed by atoms with E-state index < -0.39 is 5.82 Å². The first-order chi connectivity index (χ1) is 13.4. The van der Waals surface area contributed by atoms with Gasteiger partial charge in [0.15, 0.2) is 0 Å². The van der Waals surface area contributed by atoms with E-state index in [0.29, 0.717) is 10.6 Å². The Bertz CT molecular complexity index is 1000. The Morgan fingerprint density at radius 2 is 1.93 bits per heavy atom. The zero-order chi connectivity index (χ0) is 20.3. The van der Waals surface area contributed by atoms with Gasteiger partial charge in [-0.2, -0.15) is 5.10 Å². The molecule has 0 bridgehead atoms. The number of carbonyl (C=O) groups excluding carboxylic acids is 1. The Labute approximate surface area is 168 Å². The molecule has 0 spiro atoms. The van der Waals surface area contributed by atoms with E-state index in [1.165, 1.54) is 12.1 Å². The van der Waals surface area contributed by atoms with Crippen molar-refractivity contribution in [1.82, 2.24) is 15.1 Å². The van der Waals surface area contributed by atoms with Crippen LogP contribution in [0.5, 0.6) is 5.75 Å². The summed E-state index contributed by atoms with van der Waals surface area (Å²) in [4.78, 5) is 12.4. The first kappa shape index (κ1) is 19.9. The Kier molecular flexibility index (Phi) is 5.99. The second kappa shape index (κ2) is 8.44. The summed E-state index contributed by atoms with van der Waals surface area (Å²) in [5.74, 6) is 0.211. The molecule has 0 aliphatic rings. The summed E-state index contributed by atoms with van der Waals surface area (Å²) in [6.07, 6.45) is 0.201. The van der Waals surface area contributed by atoms with Crippen molar-refractivity contribution < 1.29 is 13.9 Å². The van der Waals surface area contributed by atoms with Crippen molar-refractivity contribution in [3.8, 4) is 11.4 Å². The molecule has 0 atom stereocenters. The number of hydrogen-bond acceptors (Lipinski definition) is 3. The maximum Gasteiger partial charge on any atom is 0.224 e. The highest BCUT2D eigenvalue weighted by Crippen LogP contribution is 2.21. The van der Waals surface area contributed by atoms with Crippen LogP contribution in [0.4, 0.5) is 4.39 Å². The third-order valence-electron chi connectivity index (χ3n) is 4.59. The second-order valence-corrected chi connectivity index (χ2v) is 6.86. The third-order valence-corrected chi connectivity index (χ3v) is 4.94. The van der Waals surface area contributed by atoms with E-state index in [2.05, 4.69) is 10.4 Å². The molecule has 0 unspecified atom stereocenters. The van der Waals surface area contributed by atoms with Crippen molar-refractivity contribution in [1.29, 1.82) is 0 Å². The molecule has 1 amide bonds. The molecule has 2 aromatic carbocycles. The fraction of sp³-hybridized carbons (Fsp3) is 0.238. The van der Waals surface area contributed by atoms with Crippen LogP contribution in [0.2, 0.25) is 5.02 Å². The van der Waals surface area contributed by atoms with E-state index >= 15 is 0 Å². The highest BCUT2D eigenvalue weighted by Gasteiger charge is 2.16. The number of aryl methyl sites for hydroxylation is 1. The third kappa shape index (κ3) is 4.34. The molecule has 28 heavy (non-hydrogen) atoms. The lowest BCUT2D eigenvalue weighted by atomic mass is 10.1. The van der Waals surface area contributed by atoms with Crippen molar-refractivity contribution >= 4 is 17.5 Å². The van der Waals surface area contributed by atoms with E-state index in [-0.39, 0.29) is 18.9 Å². The van der Waals surface area contributed by atoms with E-state index in [1.54, 1.807) is 13.2 Å². The molecule has 146 valence electrons. The minimum atomic E-state index is -0.405. The fourth-order valence-electron chi connectivity index (χ4n) is 2.99. The summed E-state index contributed by atoms with van der Waals surface area (Å²) in [6, 6.07) is 11.7. The molecule has 1 aromatic heterocycles. The molecule has 3 aromatic rings. The van der Waals surface area contributed by atoms with Crippen molar-refractivity contribution in [2.45, 2.75) is 26.8 Å². The van der Waals surface area contributed by atoms with Gasteiger partial charge >= 0.3 is 0 Å². The van der Waals surface area contributed by atoms with E-state index in [1.807, 2.05) is 42.8 Å². The Hall–Kier alpha value is -2.86. The van der Waals surface area contributed by atoms with E-state index in [4.69, 9.17) is 16.3 Å². The normalized spacial score (nSPS) is 10.8. The molecule has 1 N–H and O–H groups in total. The molecule has 7 heteroatoms. The Morgan fingerprint density at radius 3 is 2.57 bits per heavy atom. The number of methoxy groups -OCH3 is 1. The predicted molar refractivity (Wildman–Crippen MR) is 107 cm³/mol. The molecule has 1 heterocycles. The largest absolute Gasteiger partial charge is 0.497 e. The van der Waals surface area contributed by atoms with Crippen LogP contribution >= 0.6 is 11.6 Å². The van der Waals surface area contributed by atoms with E-state index in [9.17, 15) is 9.18 Å². The van der Waals surface area contributed by atoms with Gasteiger partial charge in [-0.3, -0.25) is 4.79 Å². The molecular weight excluding hydrogens is 381 g/mol. The fourth-order valence-corrected chi connectivity index (χ4v) is 3.22. The molecule has 0 radical (unpaired) electrons. The Morgan fingerprint density at radius 1 is 1.21 bits per heavy atom. The maximum atomic E-state index is 13.1. The van der Waals surface area contributed by atoms with Gasteiger partial charge in [-0.25, -0.2) is 9.07 Å². The minimum absolute atomic E-state index is 0.152. The number of benzene rings is 2. The smallest absolute Gasteiger partial charge is 0.224 e. The zero-order valence-corrected chi connectivity index (χ0v) is 16.7. The quantitative estimate of drug-likeness (QED) is 0.675. The van der Waals surface area contributed by atoms with Gasteiger partial charge < -0.3 is 10.1 Å². The van der Waals surface area contributed by atoms with Crippen LogP contribution < -0.4 is 10.1 Å². The number of ether oxygens (including phenoxy) is 1. The van der Waals surface area contributed by atoms with Crippen LogP contribution in [0.25, 0.3) is 5.69 Å². The summed E-state index contributed by atoms with van der Waals surface area (Å²) in [7, 11) is 1.62. The molecular formula is C21H21ClFN3O2. The number of carbonyl (C=O) groups is 1. The summed E-state index contributed by atoms with van der Waals surface area (Å²) >= 11 is 6.00. The SMILES string of the molecule is COc1ccc(-n2nc(C)c(CC(=O)NCc3ccc(F)cc3Cl)c2C)cc1. The zero-order valence-electron chi connectivity index (χ0n) is 15.9. The summed E-state index contributed by atoms with van der Waals surface area (Å²) in [6.45, 7) is 4.05. The van der Waals surface area contributed by atoms with Crippen molar-refractivity contribution in [2.75, 3.05) is 7.11 Å². The number of aromatic nitrogens is 2. The predicted octanol–water partition coefficient (Wildman–Crippen LogP) is 4.15. The van der Waals surface area contributed by atoms with Gasteiger partial charge in [0.1, 0.15) is 11.6 Å². The average molecular weight is 402 g/mol. The van der Waals surface area contributed by atoms with Gasteiger partial charge in [-0.15, -0.1) is 0 Å². The van der Waals surface area contributed by atoms with Crippen LogP contribution in [0, 0.1) is 19.7 Å². The Balaban J connectivity index is 1.71. The lowest BCUT2D eigenvalue weighted by Gasteiger charge is -2.08. The summed E-state index contributed by atoms with van der Waals surface area (Å²) in [5.41, 5.74) is 4.13. The highest BCUT2D eigenvalue weighted by atomic mass is 35.5. The standard InChI is InChI=1S/C21H21ClFN3O2/c1-13-19(11-21(27)24-12-15-4-5-16(23)10-20(15)22)14(2)26(25-13)17-6-8-18(28-3)9-7-17/h4-10H,11-12H2,1-3H3,(H,24,27). The van der Waals surface area contributed by atoms with E-state index in [0.717, 1.165) is 28.4 Å². The van der Waals surface area contributed by atoms with Crippen LogP contribution in [-0.2, 0) is 17.8 Å². The molecule has 0 aliphatic carbocycles. The van der Waals surface area contributed by atoms with Crippen LogP contribution in [-0.4, -0.2) is 22.8 Å². The summed E-state index contributed by atoms with van der Waals surface area (Å²) < 4.78 is 20.1. The van der Waals surface area contributed by atoms with Crippen LogP contribution in [0.1, 0.15) is 22.5 Å². The van der Waals surface area contributed by atoms with Gasteiger partial charge in [0, 0.05) is 22.8 Å². The minimum Gasteiger partial charge on any atom is -0.497 e. The summed E-state index contributed by atoms with van der Waals surface area (Å²) in [5, 5.41) is 7.68. The number of halogens is 2. The van der Waals surface area contributed by atoms with Gasteiger partial charge in [-0.05, 0) is 55.8 Å². The molecule has 0 saturated carbocycles. The molecule has 3 rings (SSSR count). The molecule has 0 fully saturated rings. The first-order valence-corrected chi connectivity index (χ1v) is 9.17. The van der Waals surface area contributed by atoms with Crippen LogP contribution in [0.15, 0.2) is 42.5 Å². The van der Waals surface area contributed by atoms with Crippen molar-refractivity contribution in [2.24, 2.45) is 0 Å². The molecule has 5 nitrogen and oxygen atoms in total. The van der Waals surface area contributed by atoms with Gasteiger partial charge in [0.2, 0.25) is 5.91 Å². The number of nitrogens with zero attached hydrogens (tertiary/aromatic N) is 2. The first-order valence-electron chi connectivity index (χ1n) is 8.79. The van der Waals surface area contributed by atoms with Crippen molar-refractivity contribution in [3.63, 3.8) is 0 Å². The van der Waals surface area contributed by atoms with Gasteiger partial charge in [-0.1, -0.05) is 17.7 Å². The second-order valence-electron chi connectivity index (χ2n) is 6.45. The van der Waals surface area contributed by atoms with Gasteiger partial charge in [0.05, 0.1) is 24.9 Å². The number of nitrogens with one attached hydrogen (secondary N) is 1. The lowest BCUT2D eigenvalue weighted by molar-refractivity contribution is -0.120. The number of amides is 1. The van der Waals surface area contributed by atoms with Crippen molar-refractivity contribution in [3.05, 3.63) is 75.8 Å².